The van der Waals surface area contributed by atoms with Crippen LogP contribution in [0.25, 0.3) is 0 Å². The second kappa shape index (κ2) is 5.21. The van der Waals surface area contributed by atoms with Gasteiger partial charge in [-0.2, -0.15) is 5.10 Å². The maximum absolute atomic E-state index is 6.20. The number of aromatic nitrogens is 2. The summed E-state index contributed by atoms with van der Waals surface area (Å²) < 4.78 is 2.11. The van der Waals surface area contributed by atoms with E-state index in [1.807, 2.05) is 0 Å². The predicted molar refractivity (Wildman–Crippen MR) is 70.8 cm³/mol. The Labute approximate surface area is 104 Å². The summed E-state index contributed by atoms with van der Waals surface area (Å²) >= 11 is 0. The largest absolute Gasteiger partial charge is 0.327 e. The summed E-state index contributed by atoms with van der Waals surface area (Å²) in [6.45, 7) is 6.72. The molecule has 2 rings (SSSR count). The first kappa shape index (κ1) is 12.6. The van der Waals surface area contributed by atoms with E-state index in [0.717, 1.165) is 36.8 Å². The Balaban J connectivity index is 1.93. The molecule has 0 radical (unpaired) electrons. The lowest BCUT2D eigenvalue weighted by atomic mass is 10.1. The van der Waals surface area contributed by atoms with Crippen LogP contribution in [-0.4, -0.2) is 15.8 Å². The maximum atomic E-state index is 6.20. The Morgan fingerprint density at radius 1 is 1.47 bits per heavy atom. The van der Waals surface area contributed by atoms with Crippen molar-refractivity contribution in [1.29, 1.82) is 0 Å². The van der Waals surface area contributed by atoms with E-state index < -0.39 is 0 Å². The van der Waals surface area contributed by atoms with E-state index in [-0.39, 0.29) is 0 Å². The Kier molecular flexibility index (Phi) is 3.87. The van der Waals surface area contributed by atoms with E-state index >= 15 is 0 Å². The summed E-state index contributed by atoms with van der Waals surface area (Å²) in [4.78, 5) is 0. The molecule has 2 N–H and O–H groups in total. The van der Waals surface area contributed by atoms with Gasteiger partial charge in [0, 0.05) is 18.7 Å². The number of nitrogens with two attached hydrogens (primary N) is 1. The molecule has 1 aromatic rings. The number of hydrogen-bond donors (Lipinski definition) is 1. The molecule has 0 aliphatic heterocycles. The normalized spacial score (nSPS) is 25.2. The first-order valence-corrected chi connectivity index (χ1v) is 6.95. The molecular weight excluding hydrogens is 210 g/mol. The van der Waals surface area contributed by atoms with Crippen LogP contribution in [0.1, 0.15) is 51.8 Å². The zero-order valence-electron chi connectivity index (χ0n) is 11.3. The van der Waals surface area contributed by atoms with Crippen LogP contribution in [0.5, 0.6) is 0 Å². The molecule has 1 heterocycles. The highest BCUT2D eigenvalue weighted by molar-refractivity contribution is 5.05. The van der Waals surface area contributed by atoms with Crippen molar-refractivity contribution >= 4 is 0 Å². The lowest BCUT2D eigenvalue weighted by Crippen LogP contribution is -2.26. The van der Waals surface area contributed by atoms with Gasteiger partial charge in [0.15, 0.2) is 0 Å². The van der Waals surface area contributed by atoms with Crippen LogP contribution in [-0.2, 0) is 6.42 Å². The molecule has 1 aliphatic carbocycles. The van der Waals surface area contributed by atoms with Gasteiger partial charge in [0.25, 0.3) is 0 Å². The van der Waals surface area contributed by atoms with E-state index in [4.69, 9.17) is 5.73 Å². The van der Waals surface area contributed by atoms with Crippen LogP contribution in [0.3, 0.4) is 0 Å². The summed E-state index contributed by atoms with van der Waals surface area (Å²) in [7, 11) is 0. The fraction of sp³-hybridized carbons (Fsp3) is 0.786. The highest BCUT2D eigenvalue weighted by atomic mass is 15.3. The molecule has 0 bridgehead atoms. The molecule has 3 nitrogen and oxygen atoms in total. The van der Waals surface area contributed by atoms with Crippen LogP contribution in [0.4, 0.5) is 0 Å². The van der Waals surface area contributed by atoms with Gasteiger partial charge in [-0.25, -0.2) is 0 Å². The molecule has 96 valence electrons. The maximum Gasteiger partial charge on any atom is 0.0640 e. The van der Waals surface area contributed by atoms with Gasteiger partial charge < -0.3 is 5.73 Å². The first-order valence-electron chi connectivity index (χ1n) is 6.95. The summed E-state index contributed by atoms with van der Waals surface area (Å²) in [6.07, 6.45) is 6.62. The van der Waals surface area contributed by atoms with Crippen LogP contribution in [0.2, 0.25) is 0 Å². The SMILES string of the molecule is CCC(CC)n1ccc(CC(N)C2CC2C)n1. The number of rotatable bonds is 6. The quantitative estimate of drug-likeness (QED) is 0.824. The van der Waals surface area contributed by atoms with E-state index in [0.29, 0.717) is 12.1 Å². The molecule has 1 aromatic heterocycles. The van der Waals surface area contributed by atoms with E-state index in [9.17, 15) is 0 Å². The average molecular weight is 235 g/mol. The second-order valence-corrected chi connectivity index (χ2v) is 5.50. The van der Waals surface area contributed by atoms with Crippen LogP contribution < -0.4 is 5.73 Å². The van der Waals surface area contributed by atoms with Gasteiger partial charge in [0.2, 0.25) is 0 Å². The van der Waals surface area contributed by atoms with Crippen LogP contribution >= 0.6 is 0 Å². The van der Waals surface area contributed by atoms with Gasteiger partial charge in [-0.3, -0.25) is 4.68 Å². The standard InChI is InChI=1S/C14H25N3/c1-4-12(5-2)17-7-6-11(16-17)9-14(15)13-8-10(13)3/h6-7,10,12-14H,4-5,8-9,15H2,1-3H3. The monoisotopic (exact) mass is 235 g/mol. The van der Waals surface area contributed by atoms with Crippen LogP contribution in [0, 0.1) is 11.8 Å². The molecule has 0 aromatic carbocycles. The lowest BCUT2D eigenvalue weighted by Gasteiger charge is -2.13. The lowest BCUT2D eigenvalue weighted by molar-refractivity contribution is 0.423. The third kappa shape index (κ3) is 2.89. The van der Waals surface area contributed by atoms with E-state index in [1.165, 1.54) is 6.42 Å². The topological polar surface area (TPSA) is 43.8 Å². The van der Waals surface area contributed by atoms with Crippen molar-refractivity contribution in [2.45, 2.75) is 58.5 Å². The fourth-order valence-electron chi connectivity index (χ4n) is 2.69. The fourth-order valence-corrected chi connectivity index (χ4v) is 2.69. The van der Waals surface area contributed by atoms with Crippen molar-refractivity contribution in [3.05, 3.63) is 18.0 Å². The zero-order valence-corrected chi connectivity index (χ0v) is 11.3. The zero-order chi connectivity index (χ0) is 12.4. The molecule has 1 saturated carbocycles. The average Bonchev–Trinajstić information content (AvgIpc) is 2.86. The Hall–Kier alpha value is -0.830. The summed E-state index contributed by atoms with van der Waals surface area (Å²) in [6, 6.07) is 2.97. The summed E-state index contributed by atoms with van der Waals surface area (Å²) in [5.41, 5.74) is 7.36. The molecule has 0 amide bonds. The highest BCUT2D eigenvalue weighted by Gasteiger charge is 2.37. The number of hydrogen-bond acceptors (Lipinski definition) is 2. The van der Waals surface area contributed by atoms with Crippen molar-refractivity contribution in [2.75, 3.05) is 0 Å². The highest BCUT2D eigenvalue weighted by Crippen LogP contribution is 2.40. The summed E-state index contributed by atoms with van der Waals surface area (Å²) in [5, 5.41) is 4.66. The Morgan fingerprint density at radius 3 is 2.65 bits per heavy atom. The minimum Gasteiger partial charge on any atom is -0.327 e. The van der Waals surface area contributed by atoms with Gasteiger partial charge in [-0.15, -0.1) is 0 Å². The van der Waals surface area contributed by atoms with Crippen molar-refractivity contribution in [1.82, 2.24) is 9.78 Å². The van der Waals surface area contributed by atoms with Crippen molar-refractivity contribution in [3.63, 3.8) is 0 Å². The molecule has 1 fully saturated rings. The van der Waals surface area contributed by atoms with Crippen LogP contribution in [0.15, 0.2) is 12.3 Å². The van der Waals surface area contributed by atoms with Gasteiger partial charge in [0.05, 0.1) is 11.7 Å². The summed E-state index contributed by atoms with van der Waals surface area (Å²) in [5.74, 6) is 1.56. The Bertz CT molecular complexity index is 354. The third-order valence-corrected chi connectivity index (χ3v) is 4.15. The molecule has 17 heavy (non-hydrogen) atoms. The smallest absolute Gasteiger partial charge is 0.0640 e. The molecule has 3 atom stereocenters. The molecule has 0 saturated heterocycles. The molecular formula is C14H25N3. The minimum absolute atomic E-state index is 0.301. The van der Waals surface area contributed by atoms with Gasteiger partial charge in [0.1, 0.15) is 0 Å². The first-order chi connectivity index (χ1) is 8.15. The number of nitrogens with zero attached hydrogens (tertiary/aromatic N) is 2. The van der Waals surface area contributed by atoms with Gasteiger partial charge >= 0.3 is 0 Å². The van der Waals surface area contributed by atoms with Crippen molar-refractivity contribution in [3.8, 4) is 0 Å². The van der Waals surface area contributed by atoms with Gasteiger partial charge in [-0.05, 0) is 37.2 Å². The van der Waals surface area contributed by atoms with E-state index in [1.54, 1.807) is 0 Å². The third-order valence-electron chi connectivity index (χ3n) is 4.15. The molecule has 3 unspecified atom stereocenters. The van der Waals surface area contributed by atoms with E-state index in [2.05, 4.69) is 42.8 Å². The second-order valence-electron chi connectivity index (χ2n) is 5.50. The molecule has 0 spiro atoms. The molecule has 3 heteroatoms. The van der Waals surface area contributed by atoms with Crippen molar-refractivity contribution < 1.29 is 0 Å². The van der Waals surface area contributed by atoms with Gasteiger partial charge in [-0.1, -0.05) is 20.8 Å². The minimum atomic E-state index is 0.301. The Morgan fingerprint density at radius 2 is 2.12 bits per heavy atom. The predicted octanol–water partition coefficient (Wildman–Crippen LogP) is 2.77. The van der Waals surface area contributed by atoms with Crippen molar-refractivity contribution in [2.24, 2.45) is 17.6 Å². The molecule has 1 aliphatic rings.